The first-order valence-corrected chi connectivity index (χ1v) is 7.72. The van der Waals surface area contributed by atoms with Crippen molar-refractivity contribution in [3.63, 3.8) is 0 Å². The summed E-state index contributed by atoms with van der Waals surface area (Å²) in [5.41, 5.74) is 0. The molecule has 3 nitrogen and oxygen atoms in total. The van der Waals surface area contributed by atoms with E-state index in [1.165, 1.54) is 32.1 Å². The van der Waals surface area contributed by atoms with Crippen molar-refractivity contribution in [2.45, 2.75) is 71.3 Å². The second kappa shape index (κ2) is 9.37. The largest absolute Gasteiger partial charge is 0.352 e. The lowest BCUT2D eigenvalue weighted by Crippen LogP contribution is -2.48. The standard InChI is InChI=1S/C15H30N2O/c1-3-4-5-6-7-8-9-15(18)17-14-10-13(2)11-16-12-14/h13-14,16H,3-12H2,1-2H3,(H,17,18). The molecule has 0 radical (unpaired) electrons. The minimum absolute atomic E-state index is 0.242. The molecule has 1 amide bonds. The molecule has 0 spiro atoms. The zero-order valence-corrected chi connectivity index (χ0v) is 12.1. The van der Waals surface area contributed by atoms with Gasteiger partial charge >= 0.3 is 0 Å². The molecule has 0 aromatic rings. The van der Waals surface area contributed by atoms with Crippen LogP contribution in [0.5, 0.6) is 0 Å². The summed E-state index contributed by atoms with van der Waals surface area (Å²) in [6, 6.07) is 0.348. The first kappa shape index (κ1) is 15.5. The van der Waals surface area contributed by atoms with Crippen LogP contribution in [0, 0.1) is 5.92 Å². The summed E-state index contributed by atoms with van der Waals surface area (Å²) < 4.78 is 0. The molecule has 18 heavy (non-hydrogen) atoms. The lowest BCUT2D eigenvalue weighted by Gasteiger charge is -2.28. The molecule has 1 saturated heterocycles. The third-order valence-corrected chi connectivity index (χ3v) is 3.69. The highest BCUT2D eigenvalue weighted by Gasteiger charge is 2.19. The molecular weight excluding hydrogens is 224 g/mol. The van der Waals surface area contributed by atoms with E-state index in [0.717, 1.165) is 25.9 Å². The number of hydrogen-bond donors (Lipinski definition) is 2. The van der Waals surface area contributed by atoms with Gasteiger partial charge in [0.25, 0.3) is 0 Å². The molecule has 1 heterocycles. The summed E-state index contributed by atoms with van der Waals surface area (Å²) in [6.45, 7) is 6.49. The third-order valence-electron chi connectivity index (χ3n) is 3.69. The van der Waals surface area contributed by atoms with Crippen LogP contribution in [-0.4, -0.2) is 25.0 Å². The molecule has 2 N–H and O–H groups in total. The molecule has 0 saturated carbocycles. The van der Waals surface area contributed by atoms with Gasteiger partial charge in [-0.3, -0.25) is 4.79 Å². The molecule has 106 valence electrons. The summed E-state index contributed by atoms with van der Waals surface area (Å²) in [5, 5.41) is 6.52. The van der Waals surface area contributed by atoms with Crippen LogP contribution in [0.2, 0.25) is 0 Å². The fourth-order valence-electron chi connectivity index (χ4n) is 2.63. The van der Waals surface area contributed by atoms with Crippen LogP contribution in [0.25, 0.3) is 0 Å². The maximum absolute atomic E-state index is 11.8. The smallest absolute Gasteiger partial charge is 0.220 e. The number of hydrogen-bond acceptors (Lipinski definition) is 2. The van der Waals surface area contributed by atoms with Gasteiger partial charge in [0.2, 0.25) is 5.91 Å². The first-order valence-electron chi connectivity index (χ1n) is 7.72. The Hall–Kier alpha value is -0.570. The summed E-state index contributed by atoms with van der Waals surface area (Å²) >= 11 is 0. The number of nitrogens with one attached hydrogen (secondary N) is 2. The normalized spacial score (nSPS) is 23.9. The fraction of sp³-hybridized carbons (Fsp3) is 0.933. The summed E-state index contributed by atoms with van der Waals surface area (Å²) in [6.07, 6.45) is 9.29. The molecule has 1 fully saturated rings. The van der Waals surface area contributed by atoms with Crippen LogP contribution in [0.15, 0.2) is 0 Å². The monoisotopic (exact) mass is 254 g/mol. The van der Waals surface area contributed by atoms with E-state index in [-0.39, 0.29) is 5.91 Å². The molecule has 1 aliphatic rings. The van der Waals surface area contributed by atoms with E-state index >= 15 is 0 Å². The van der Waals surface area contributed by atoms with Crippen LogP contribution < -0.4 is 10.6 Å². The van der Waals surface area contributed by atoms with E-state index in [1.54, 1.807) is 0 Å². The molecule has 0 aliphatic carbocycles. The molecular formula is C15H30N2O. The van der Waals surface area contributed by atoms with Gasteiger partial charge in [-0.05, 0) is 25.3 Å². The third kappa shape index (κ3) is 7.00. The van der Waals surface area contributed by atoms with Gasteiger partial charge in [-0.2, -0.15) is 0 Å². The second-order valence-corrected chi connectivity index (χ2v) is 5.78. The second-order valence-electron chi connectivity index (χ2n) is 5.78. The lowest BCUT2D eigenvalue weighted by atomic mass is 9.97. The SMILES string of the molecule is CCCCCCCCC(=O)NC1CNCC(C)C1. The molecule has 3 heteroatoms. The van der Waals surface area contributed by atoms with Crippen molar-refractivity contribution in [1.82, 2.24) is 10.6 Å². The maximum atomic E-state index is 11.8. The zero-order valence-electron chi connectivity index (χ0n) is 12.1. The van der Waals surface area contributed by atoms with Crippen molar-refractivity contribution >= 4 is 5.91 Å². The average Bonchev–Trinajstić information content (AvgIpc) is 2.33. The Kier molecular flexibility index (Phi) is 8.06. The number of carbonyl (C=O) groups is 1. The van der Waals surface area contributed by atoms with Crippen LogP contribution in [0.3, 0.4) is 0 Å². The van der Waals surface area contributed by atoms with Gasteiger partial charge in [-0.25, -0.2) is 0 Å². The van der Waals surface area contributed by atoms with Gasteiger partial charge in [-0.15, -0.1) is 0 Å². The molecule has 0 bridgehead atoms. The summed E-state index contributed by atoms with van der Waals surface area (Å²) in [5.74, 6) is 0.921. The molecule has 2 atom stereocenters. The number of piperidine rings is 1. The van der Waals surface area contributed by atoms with Gasteiger partial charge in [0, 0.05) is 19.0 Å². The van der Waals surface area contributed by atoms with Crippen molar-refractivity contribution in [2.24, 2.45) is 5.92 Å². The van der Waals surface area contributed by atoms with E-state index < -0.39 is 0 Å². The quantitative estimate of drug-likeness (QED) is 0.654. The average molecular weight is 254 g/mol. The Morgan fingerprint density at radius 2 is 1.89 bits per heavy atom. The molecule has 0 aromatic carbocycles. The zero-order chi connectivity index (χ0) is 13.2. The van der Waals surface area contributed by atoms with E-state index in [9.17, 15) is 4.79 Å². The predicted molar refractivity (Wildman–Crippen MR) is 76.6 cm³/mol. The van der Waals surface area contributed by atoms with Crippen LogP contribution >= 0.6 is 0 Å². The van der Waals surface area contributed by atoms with Gasteiger partial charge in [-0.1, -0.05) is 46.0 Å². The van der Waals surface area contributed by atoms with Crippen molar-refractivity contribution in [3.05, 3.63) is 0 Å². The highest BCUT2D eigenvalue weighted by Crippen LogP contribution is 2.10. The number of amides is 1. The molecule has 1 rings (SSSR count). The summed E-state index contributed by atoms with van der Waals surface area (Å²) in [7, 11) is 0. The number of rotatable bonds is 8. The molecule has 2 unspecified atom stereocenters. The van der Waals surface area contributed by atoms with Crippen LogP contribution in [0.1, 0.15) is 65.2 Å². The fourth-order valence-corrected chi connectivity index (χ4v) is 2.63. The lowest BCUT2D eigenvalue weighted by molar-refractivity contribution is -0.122. The Bertz CT molecular complexity index is 231. The van der Waals surface area contributed by atoms with Crippen molar-refractivity contribution in [1.29, 1.82) is 0 Å². The summed E-state index contributed by atoms with van der Waals surface area (Å²) in [4.78, 5) is 11.8. The Morgan fingerprint density at radius 1 is 1.17 bits per heavy atom. The van der Waals surface area contributed by atoms with Crippen LogP contribution in [-0.2, 0) is 4.79 Å². The van der Waals surface area contributed by atoms with Gasteiger partial charge < -0.3 is 10.6 Å². The van der Waals surface area contributed by atoms with E-state index in [0.29, 0.717) is 18.4 Å². The first-order chi connectivity index (χ1) is 8.72. The Balaban J connectivity index is 1.99. The van der Waals surface area contributed by atoms with E-state index in [4.69, 9.17) is 0 Å². The minimum atomic E-state index is 0.242. The highest BCUT2D eigenvalue weighted by molar-refractivity contribution is 5.76. The Morgan fingerprint density at radius 3 is 2.61 bits per heavy atom. The maximum Gasteiger partial charge on any atom is 0.220 e. The topological polar surface area (TPSA) is 41.1 Å². The van der Waals surface area contributed by atoms with Crippen molar-refractivity contribution in [3.8, 4) is 0 Å². The van der Waals surface area contributed by atoms with Gasteiger partial charge in [0.1, 0.15) is 0 Å². The number of carbonyl (C=O) groups excluding carboxylic acids is 1. The molecule has 1 aliphatic heterocycles. The van der Waals surface area contributed by atoms with Crippen molar-refractivity contribution in [2.75, 3.05) is 13.1 Å². The predicted octanol–water partition coefficient (Wildman–Crippen LogP) is 2.85. The van der Waals surface area contributed by atoms with Crippen molar-refractivity contribution < 1.29 is 4.79 Å². The van der Waals surface area contributed by atoms with Crippen LogP contribution in [0.4, 0.5) is 0 Å². The highest BCUT2D eigenvalue weighted by atomic mass is 16.1. The van der Waals surface area contributed by atoms with Gasteiger partial charge in [0.05, 0.1) is 0 Å². The Labute approximate surface area is 112 Å². The van der Waals surface area contributed by atoms with E-state index in [2.05, 4.69) is 24.5 Å². The van der Waals surface area contributed by atoms with E-state index in [1.807, 2.05) is 0 Å². The minimum Gasteiger partial charge on any atom is -0.352 e. The molecule has 0 aromatic heterocycles. The van der Waals surface area contributed by atoms with Gasteiger partial charge in [0.15, 0.2) is 0 Å². The number of unbranched alkanes of at least 4 members (excludes halogenated alkanes) is 5.